The van der Waals surface area contributed by atoms with Gasteiger partial charge < -0.3 is 9.47 Å². The fourth-order valence-corrected chi connectivity index (χ4v) is 4.33. The van der Waals surface area contributed by atoms with Gasteiger partial charge in [0.2, 0.25) is 16.0 Å². The maximum atomic E-state index is 12.8. The number of aromatic nitrogens is 3. The molecule has 10 nitrogen and oxygen atoms in total. The van der Waals surface area contributed by atoms with E-state index < -0.39 is 15.9 Å². The third-order valence-electron chi connectivity index (χ3n) is 5.09. The molecule has 0 saturated heterocycles. The van der Waals surface area contributed by atoms with Crippen molar-refractivity contribution in [2.24, 2.45) is 0 Å². The lowest BCUT2D eigenvalue weighted by atomic mass is 10.2. The first-order valence-corrected chi connectivity index (χ1v) is 12.0. The topological polar surface area (TPSA) is 135 Å². The molecule has 180 valence electrons. The Kier molecular flexibility index (Phi) is 7.09. The Morgan fingerprint density at radius 3 is 2.51 bits per heavy atom. The standard InChI is InChI=1S/C24H23N5O5S/c1-33-18-11-12-20(21(14-18)34-2)22-26-24(29-28-22)27-23(30)17-9-6-10-19(13-17)35(31,32)25-15-16-7-4-3-5-8-16/h3-14,25H,15H2,1-2H3,(H2,26,27,28,29,30). The fraction of sp³-hybridized carbons (Fsp3) is 0.125. The van der Waals surface area contributed by atoms with Crippen molar-refractivity contribution in [1.82, 2.24) is 19.9 Å². The molecule has 0 bridgehead atoms. The van der Waals surface area contributed by atoms with Crippen molar-refractivity contribution in [3.63, 3.8) is 0 Å². The molecule has 1 aromatic heterocycles. The number of H-pyrrole nitrogens is 1. The Balaban J connectivity index is 1.48. The minimum Gasteiger partial charge on any atom is -0.497 e. The normalized spacial score (nSPS) is 11.1. The Morgan fingerprint density at radius 2 is 1.77 bits per heavy atom. The lowest BCUT2D eigenvalue weighted by molar-refractivity contribution is 0.102. The van der Waals surface area contributed by atoms with Crippen LogP contribution in [0.3, 0.4) is 0 Å². The van der Waals surface area contributed by atoms with Crippen LogP contribution in [0.2, 0.25) is 0 Å². The predicted octanol–water partition coefficient (Wildman–Crippen LogP) is 3.22. The molecule has 3 N–H and O–H groups in total. The zero-order valence-corrected chi connectivity index (χ0v) is 19.8. The summed E-state index contributed by atoms with van der Waals surface area (Å²) in [6.45, 7) is 0.133. The average Bonchev–Trinajstić information content (AvgIpc) is 3.36. The van der Waals surface area contributed by atoms with Gasteiger partial charge in [-0.15, -0.1) is 5.10 Å². The van der Waals surface area contributed by atoms with E-state index in [1.54, 1.807) is 25.3 Å². The summed E-state index contributed by atoms with van der Waals surface area (Å²) in [4.78, 5) is 17.0. The van der Waals surface area contributed by atoms with Gasteiger partial charge in [0.05, 0.1) is 24.7 Å². The van der Waals surface area contributed by atoms with Crippen molar-refractivity contribution >= 4 is 21.9 Å². The molecule has 1 amide bonds. The number of carbonyl (C=O) groups excluding carboxylic acids is 1. The summed E-state index contributed by atoms with van der Waals surface area (Å²) in [5.74, 6) is 0.975. The number of hydrogen-bond acceptors (Lipinski definition) is 7. The third-order valence-corrected chi connectivity index (χ3v) is 6.49. The van der Waals surface area contributed by atoms with Gasteiger partial charge in [0, 0.05) is 18.2 Å². The number of nitrogens with one attached hydrogen (secondary N) is 3. The van der Waals surface area contributed by atoms with Crippen molar-refractivity contribution in [2.75, 3.05) is 19.5 Å². The molecule has 0 spiro atoms. The van der Waals surface area contributed by atoms with Crippen LogP contribution in [0.25, 0.3) is 11.4 Å². The van der Waals surface area contributed by atoms with Gasteiger partial charge >= 0.3 is 0 Å². The molecule has 0 aliphatic heterocycles. The smallest absolute Gasteiger partial charge is 0.258 e. The fourth-order valence-electron chi connectivity index (χ4n) is 3.27. The number of nitrogens with zero attached hydrogens (tertiary/aromatic N) is 2. The molecule has 0 saturated carbocycles. The van der Waals surface area contributed by atoms with Gasteiger partial charge in [0.15, 0.2) is 5.82 Å². The predicted molar refractivity (Wildman–Crippen MR) is 130 cm³/mol. The van der Waals surface area contributed by atoms with Crippen molar-refractivity contribution in [3.05, 3.63) is 83.9 Å². The molecular formula is C24H23N5O5S. The van der Waals surface area contributed by atoms with Crippen molar-refractivity contribution in [1.29, 1.82) is 0 Å². The van der Waals surface area contributed by atoms with Crippen LogP contribution in [0, 0.1) is 0 Å². The molecule has 0 aliphatic rings. The highest BCUT2D eigenvalue weighted by Gasteiger charge is 2.18. The number of carbonyl (C=O) groups is 1. The van der Waals surface area contributed by atoms with Crippen molar-refractivity contribution in [3.8, 4) is 22.9 Å². The maximum absolute atomic E-state index is 12.8. The van der Waals surface area contributed by atoms with Crippen LogP contribution in [-0.4, -0.2) is 43.7 Å². The Morgan fingerprint density at radius 1 is 0.971 bits per heavy atom. The first-order valence-electron chi connectivity index (χ1n) is 10.5. The van der Waals surface area contributed by atoms with Gasteiger partial charge in [-0.3, -0.25) is 15.2 Å². The molecule has 1 heterocycles. The molecule has 0 fully saturated rings. The van der Waals surface area contributed by atoms with Gasteiger partial charge in [0.25, 0.3) is 5.91 Å². The highest BCUT2D eigenvalue weighted by molar-refractivity contribution is 7.89. The van der Waals surface area contributed by atoms with Crippen molar-refractivity contribution in [2.45, 2.75) is 11.4 Å². The Labute approximate surface area is 202 Å². The summed E-state index contributed by atoms with van der Waals surface area (Å²) >= 11 is 0. The molecule has 11 heteroatoms. The number of amides is 1. The van der Waals surface area contributed by atoms with Crippen molar-refractivity contribution < 1.29 is 22.7 Å². The quantitative estimate of drug-likeness (QED) is 0.326. The van der Waals surface area contributed by atoms with Gasteiger partial charge in [-0.05, 0) is 35.9 Å². The van der Waals surface area contributed by atoms with Crippen LogP contribution in [0.4, 0.5) is 5.95 Å². The number of hydrogen-bond donors (Lipinski definition) is 3. The second-order valence-electron chi connectivity index (χ2n) is 7.37. The van der Waals surface area contributed by atoms with Gasteiger partial charge in [-0.2, -0.15) is 4.98 Å². The van der Waals surface area contributed by atoms with Gasteiger partial charge in [0.1, 0.15) is 11.5 Å². The number of methoxy groups -OCH3 is 2. The number of sulfonamides is 1. The second kappa shape index (κ2) is 10.4. The minimum absolute atomic E-state index is 0.0262. The summed E-state index contributed by atoms with van der Waals surface area (Å²) in [6.07, 6.45) is 0. The van der Waals surface area contributed by atoms with Crippen LogP contribution < -0.4 is 19.5 Å². The van der Waals surface area contributed by atoms with Crippen LogP contribution >= 0.6 is 0 Å². The number of aromatic amines is 1. The summed E-state index contributed by atoms with van der Waals surface area (Å²) in [7, 11) is -0.752. The molecule has 4 aromatic rings. The number of ether oxygens (including phenoxy) is 2. The molecule has 35 heavy (non-hydrogen) atoms. The van der Waals surface area contributed by atoms with E-state index in [-0.39, 0.29) is 23.0 Å². The van der Waals surface area contributed by atoms with E-state index in [1.807, 2.05) is 30.3 Å². The Bertz CT molecular complexity index is 1440. The van der Waals surface area contributed by atoms with Crippen LogP contribution in [0.1, 0.15) is 15.9 Å². The van der Waals surface area contributed by atoms with E-state index in [0.29, 0.717) is 22.9 Å². The van der Waals surface area contributed by atoms with Crippen LogP contribution in [0.15, 0.2) is 77.7 Å². The zero-order valence-electron chi connectivity index (χ0n) is 19.0. The van der Waals surface area contributed by atoms with E-state index in [9.17, 15) is 13.2 Å². The highest BCUT2D eigenvalue weighted by Crippen LogP contribution is 2.31. The van der Waals surface area contributed by atoms with E-state index in [2.05, 4.69) is 25.2 Å². The van der Waals surface area contributed by atoms with Crippen LogP contribution in [-0.2, 0) is 16.6 Å². The first kappa shape index (κ1) is 23.9. The summed E-state index contributed by atoms with van der Waals surface area (Å²) in [5.41, 5.74) is 1.58. The number of rotatable bonds is 9. The molecular weight excluding hydrogens is 470 g/mol. The minimum atomic E-state index is -3.82. The largest absolute Gasteiger partial charge is 0.497 e. The highest BCUT2D eigenvalue weighted by atomic mass is 32.2. The second-order valence-corrected chi connectivity index (χ2v) is 9.13. The SMILES string of the molecule is COc1ccc(-c2nc(NC(=O)c3cccc(S(=O)(=O)NCc4ccccc4)c3)n[nH]2)c(OC)c1. The lowest BCUT2D eigenvalue weighted by Gasteiger charge is -2.08. The molecule has 0 radical (unpaired) electrons. The van der Waals surface area contributed by atoms with Gasteiger partial charge in [-0.25, -0.2) is 13.1 Å². The van der Waals surface area contributed by atoms with Gasteiger partial charge in [-0.1, -0.05) is 36.4 Å². The molecule has 3 aromatic carbocycles. The summed E-state index contributed by atoms with van der Waals surface area (Å²) < 4.78 is 38.5. The number of anilines is 1. The molecule has 0 unspecified atom stereocenters. The average molecular weight is 494 g/mol. The lowest BCUT2D eigenvalue weighted by Crippen LogP contribution is -2.23. The molecule has 0 atom stereocenters. The van der Waals surface area contributed by atoms with E-state index in [4.69, 9.17) is 9.47 Å². The maximum Gasteiger partial charge on any atom is 0.258 e. The molecule has 0 aliphatic carbocycles. The molecule has 4 rings (SSSR count). The first-order chi connectivity index (χ1) is 16.9. The van der Waals surface area contributed by atoms with Crippen LogP contribution in [0.5, 0.6) is 11.5 Å². The number of benzene rings is 3. The van der Waals surface area contributed by atoms with E-state index in [1.165, 1.54) is 31.4 Å². The van der Waals surface area contributed by atoms with E-state index in [0.717, 1.165) is 5.56 Å². The third kappa shape index (κ3) is 5.65. The summed E-state index contributed by atoms with van der Waals surface area (Å²) in [6, 6.07) is 20.1. The summed E-state index contributed by atoms with van der Waals surface area (Å²) in [5, 5.41) is 9.35. The Hall–Kier alpha value is -4.22. The monoisotopic (exact) mass is 493 g/mol. The van der Waals surface area contributed by atoms with E-state index >= 15 is 0 Å². The zero-order chi connectivity index (χ0) is 24.8.